The summed E-state index contributed by atoms with van der Waals surface area (Å²) in [7, 11) is 1.75. The Hall–Kier alpha value is -3.23. The molecule has 2 aromatic heterocycles. The van der Waals surface area contributed by atoms with Gasteiger partial charge in [-0.1, -0.05) is 5.16 Å². The number of likely N-dealkylation sites (tertiary alicyclic amines) is 1. The fourth-order valence-corrected chi connectivity index (χ4v) is 3.37. The Morgan fingerprint density at radius 3 is 2.86 bits per heavy atom. The van der Waals surface area contributed by atoms with E-state index in [-0.39, 0.29) is 24.4 Å². The van der Waals surface area contributed by atoms with Gasteiger partial charge in [-0.25, -0.2) is 4.39 Å². The summed E-state index contributed by atoms with van der Waals surface area (Å²) >= 11 is 0. The third kappa shape index (κ3) is 3.60. The zero-order valence-electron chi connectivity index (χ0n) is 15.6. The molecule has 4 rings (SSSR count). The maximum atomic E-state index is 12.9. The third-order valence-corrected chi connectivity index (χ3v) is 4.69. The molecule has 8 nitrogen and oxygen atoms in total. The summed E-state index contributed by atoms with van der Waals surface area (Å²) in [5, 5.41) is 8.28. The molecule has 1 fully saturated rings. The number of ether oxygens (including phenoxy) is 1. The van der Waals surface area contributed by atoms with E-state index >= 15 is 0 Å². The molecule has 1 aromatic carbocycles. The van der Waals surface area contributed by atoms with Gasteiger partial charge in [-0.3, -0.25) is 9.48 Å². The topological polar surface area (TPSA) is 86.3 Å². The summed E-state index contributed by atoms with van der Waals surface area (Å²) in [5.41, 5.74) is 1.33. The van der Waals surface area contributed by atoms with Crippen LogP contribution in [0.2, 0.25) is 0 Å². The summed E-state index contributed by atoms with van der Waals surface area (Å²) in [4.78, 5) is 19.1. The van der Waals surface area contributed by atoms with Gasteiger partial charge >= 0.3 is 0 Å². The van der Waals surface area contributed by atoms with Crippen LogP contribution in [-0.4, -0.2) is 37.3 Å². The van der Waals surface area contributed by atoms with Gasteiger partial charge in [0, 0.05) is 13.6 Å². The first-order chi connectivity index (χ1) is 13.5. The van der Waals surface area contributed by atoms with Crippen molar-refractivity contribution in [2.45, 2.75) is 32.4 Å². The summed E-state index contributed by atoms with van der Waals surface area (Å²) < 4.78 is 25.3. The van der Waals surface area contributed by atoms with Gasteiger partial charge in [-0.2, -0.15) is 10.1 Å². The van der Waals surface area contributed by atoms with Crippen LogP contribution in [0.4, 0.5) is 4.39 Å². The van der Waals surface area contributed by atoms with Crippen LogP contribution in [0, 0.1) is 12.7 Å². The zero-order chi connectivity index (χ0) is 19.7. The molecule has 3 heterocycles. The van der Waals surface area contributed by atoms with E-state index in [1.807, 2.05) is 6.92 Å². The Balaban J connectivity index is 1.45. The Morgan fingerprint density at radius 2 is 2.14 bits per heavy atom. The summed E-state index contributed by atoms with van der Waals surface area (Å²) in [6.07, 6.45) is 1.63. The number of amides is 1. The van der Waals surface area contributed by atoms with Gasteiger partial charge in [0.15, 0.2) is 12.4 Å². The van der Waals surface area contributed by atoms with E-state index < -0.39 is 0 Å². The highest BCUT2D eigenvalue weighted by molar-refractivity contribution is 5.93. The predicted molar refractivity (Wildman–Crippen MR) is 96.0 cm³/mol. The Kier molecular flexibility index (Phi) is 4.81. The Labute approximate surface area is 160 Å². The second-order valence-electron chi connectivity index (χ2n) is 6.74. The SMILES string of the molecule is Cc1cc(C(=O)N2CCCC2c2noc(COc3ccc(F)cc3)n2)n(C)n1. The predicted octanol–water partition coefficient (Wildman–Crippen LogP) is 2.81. The van der Waals surface area contributed by atoms with Crippen molar-refractivity contribution >= 4 is 5.91 Å². The smallest absolute Gasteiger partial charge is 0.272 e. The zero-order valence-corrected chi connectivity index (χ0v) is 15.6. The van der Waals surface area contributed by atoms with E-state index in [0.29, 0.717) is 29.7 Å². The fraction of sp³-hybridized carbons (Fsp3) is 0.368. The van der Waals surface area contributed by atoms with E-state index in [2.05, 4.69) is 15.2 Å². The normalized spacial score (nSPS) is 16.5. The molecule has 1 atom stereocenters. The molecule has 3 aromatic rings. The minimum absolute atomic E-state index is 0.0697. The number of carbonyl (C=O) groups excluding carboxylic acids is 1. The van der Waals surface area contributed by atoms with Crippen LogP contribution in [0.15, 0.2) is 34.9 Å². The van der Waals surface area contributed by atoms with E-state index in [1.165, 1.54) is 24.3 Å². The maximum Gasteiger partial charge on any atom is 0.272 e. The highest BCUT2D eigenvalue weighted by atomic mass is 19.1. The Bertz CT molecular complexity index is 982. The highest BCUT2D eigenvalue weighted by Crippen LogP contribution is 2.31. The van der Waals surface area contributed by atoms with Crippen LogP contribution in [0.5, 0.6) is 5.75 Å². The van der Waals surface area contributed by atoms with E-state index in [0.717, 1.165) is 18.5 Å². The molecule has 1 aliphatic rings. The fourth-order valence-electron chi connectivity index (χ4n) is 3.37. The maximum absolute atomic E-state index is 12.9. The summed E-state index contributed by atoms with van der Waals surface area (Å²) in [5.74, 6) is 0.837. The molecule has 28 heavy (non-hydrogen) atoms. The molecule has 0 spiro atoms. The van der Waals surface area contributed by atoms with Crippen molar-refractivity contribution in [2.24, 2.45) is 7.05 Å². The van der Waals surface area contributed by atoms with E-state index in [1.54, 1.807) is 22.7 Å². The Morgan fingerprint density at radius 1 is 1.36 bits per heavy atom. The van der Waals surface area contributed by atoms with Crippen LogP contribution in [0.3, 0.4) is 0 Å². The van der Waals surface area contributed by atoms with Crippen molar-refractivity contribution in [3.8, 4) is 5.75 Å². The molecule has 0 radical (unpaired) electrons. The second kappa shape index (κ2) is 7.41. The molecule has 1 amide bonds. The summed E-state index contributed by atoms with van der Waals surface area (Å²) in [6, 6.07) is 7.22. The van der Waals surface area contributed by atoms with Crippen molar-refractivity contribution in [3.63, 3.8) is 0 Å². The quantitative estimate of drug-likeness (QED) is 0.671. The minimum atomic E-state index is -0.331. The van der Waals surface area contributed by atoms with Crippen molar-refractivity contribution in [1.82, 2.24) is 24.8 Å². The van der Waals surface area contributed by atoms with Crippen LogP contribution >= 0.6 is 0 Å². The number of nitrogens with zero attached hydrogens (tertiary/aromatic N) is 5. The molecular formula is C19H20FN5O3. The number of carbonyl (C=O) groups is 1. The van der Waals surface area contributed by atoms with Gasteiger partial charge < -0.3 is 14.2 Å². The number of aryl methyl sites for hydroxylation is 2. The van der Waals surface area contributed by atoms with Crippen molar-refractivity contribution in [2.75, 3.05) is 6.54 Å². The van der Waals surface area contributed by atoms with E-state index in [9.17, 15) is 9.18 Å². The van der Waals surface area contributed by atoms with Crippen molar-refractivity contribution < 1.29 is 18.4 Å². The number of hydrogen-bond acceptors (Lipinski definition) is 6. The monoisotopic (exact) mass is 385 g/mol. The molecular weight excluding hydrogens is 365 g/mol. The molecule has 146 valence electrons. The highest BCUT2D eigenvalue weighted by Gasteiger charge is 2.35. The average Bonchev–Trinajstić information content (AvgIpc) is 3.40. The number of rotatable bonds is 5. The van der Waals surface area contributed by atoms with E-state index in [4.69, 9.17) is 9.26 Å². The molecule has 0 saturated carbocycles. The van der Waals surface area contributed by atoms with Gasteiger partial charge in [-0.15, -0.1) is 0 Å². The molecule has 0 aliphatic carbocycles. The van der Waals surface area contributed by atoms with Crippen LogP contribution < -0.4 is 4.74 Å². The minimum Gasteiger partial charge on any atom is -0.484 e. The standard InChI is InChI=1S/C19H20FN5O3/c1-12-10-16(24(2)22-12)19(26)25-9-3-4-15(25)18-21-17(28-23-18)11-27-14-7-5-13(20)6-8-14/h5-8,10,15H,3-4,9,11H2,1-2H3. The molecule has 1 saturated heterocycles. The number of hydrogen-bond donors (Lipinski definition) is 0. The largest absolute Gasteiger partial charge is 0.484 e. The van der Waals surface area contributed by atoms with Gasteiger partial charge in [0.2, 0.25) is 0 Å². The molecule has 1 unspecified atom stereocenters. The van der Waals surface area contributed by atoms with Gasteiger partial charge in [0.05, 0.1) is 11.7 Å². The number of benzene rings is 1. The van der Waals surface area contributed by atoms with Crippen LogP contribution in [-0.2, 0) is 13.7 Å². The van der Waals surface area contributed by atoms with Gasteiger partial charge in [0.1, 0.15) is 17.3 Å². The molecule has 0 bridgehead atoms. The lowest BCUT2D eigenvalue weighted by Crippen LogP contribution is -2.32. The molecule has 9 heteroatoms. The van der Waals surface area contributed by atoms with Crippen molar-refractivity contribution in [1.29, 1.82) is 0 Å². The van der Waals surface area contributed by atoms with Crippen molar-refractivity contribution in [3.05, 3.63) is 59.3 Å². The lowest BCUT2D eigenvalue weighted by molar-refractivity contribution is 0.0717. The lowest BCUT2D eigenvalue weighted by atomic mass is 10.2. The second-order valence-corrected chi connectivity index (χ2v) is 6.74. The van der Waals surface area contributed by atoms with Gasteiger partial charge in [-0.05, 0) is 50.1 Å². The van der Waals surface area contributed by atoms with Gasteiger partial charge in [0.25, 0.3) is 11.8 Å². The third-order valence-electron chi connectivity index (χ3n) is 4.69. The average molecular weight is 385 g/mol. The molecule has 0 N–H and O–H groups in total. The van der Waals surface area contributed by atoms with Crippen LogP contribution in [0.1, 0.15) is 46.8 Å². The first-order valence-corrected chi connectivity index (χ1v) is 9.04. The summed E-state index contributed by atoms with van der Waals surface area (Å²) in [6.45, 7) is 2.55. The lowest BCUT2D eigenvalue weighted by Gasteiger charge is -2.22. The first kappa shape index (κ1) is 18.1. The first-order valence-electron chi connectivity index (χ1n) is 9.04. The number of aromatic nitrogens is 4. The number of halogens is 1. The molecule has 1 aliphatic heterocycles. The van der Waals surface area contributed by atoms with Crippen LogP contribution in [0.25, 0.3) is 0 Å².